The molecule has 1 aromatic carbocycles. The maximum Gasteiger partial charge on any atom is 0.238 e. The first-order valence-electron chi connectivity index (χ1n) is 7.50. The molecule has 1 heterocycles. The van der Waals surface area contributed by atoms with Crippen molar-refractivity contribution in [1.82, 2.24) is 10.2 Å². The first kappa shape index (κ1) is 16.3. The van der Waals surface area contributed by atoms with E-state index in [0.29, 0.717) is 18.8 Å². The molecule has 1 fully saturated rings. The Morgan fingerprint density at radius 2 is 2.23 bits per heavy atom. The minimum atomic E-state index is -0.0586. The molecular weight excluding hydrogens is 282 g/mol. The Hall–Kier alpha value is -2.08. The molecule has 0 aromatic heterocycles. The van der Waals surface area contributed by atoms with Crippen molar-refractivity contribution in [2.45, 2.75) is 25.8 Å². The fourth-order valence-electron chi connectivity index (χ4n) is 2.71. The number of hydrogen-bond acceptors (Lipinski definition) is 4. The van der Waals surface area contributed by atoms with E-state index in [1.54, 1.807) is 13.2 Å². The summed E-state index contributed by atoms with van der Waals surface area (Å²) in [5.74, 6) is 0.630. The van der Waals surface area contributed by atoms with Gasteiger partial charge in [0.1, 0.15) is 5.75 Å². The van der Waals surface area contributed by atoms with Gasteiger partial charge in [0.15, 0.2) is 0 Å². The molecule has 0 spiro atoms. The van der Waals surface area contributed by atoms with E-state index in [1.807, 2.05) is 18.2 Å². The van der Waals surface area contributed by atoms with Gasteiger partial charge < -0.3 is 15.4 Å². The molecule has 1 aliphatic heterocycles. The number of anilines is 1. The molecule has 2 amide bonds. The molecule has 1 aromatic rings. The lowest BCUT2D eigenvalue weighted by molar-refractivity contribution is -0.120. The third-order valence-corrected chi connectivity index (χ3v) is 3.63. The Morgan fingerprint density at radius 1 is 1.41 bits per heavy atom. The molecule has 22 heavy (non-hydrogen) atoms. The van der Waals surface area contributed by atoms with Crippen LogP contribution in [-0.2, 0) is 9.59 Å². The van der Waals surface area contributed by atoms with Gasteiger partial charge in [-0.1, -0.05) is 6.07 Å². The van der Waals surface area contributed by atoms with E-state index >= 15 is 0 Å². The summed E-state index contributed by atoms with van der Waals surface area (Å²) in [6.45, 7) is 3.44. The highest BCUT2D eigenvalue weighted by molar-refractivity contribution is 5.92. The number of nitrogens with one attached hydrogen (secondary N) is 2. The number of amides is 2. The smallest absolute Gasteiger partial charge is 0.238 e. The molecule has 1 unspecified atom stereocenters. The van der Waals surface area contributed by atoms with Crippen molar-refractivity contribution >= 4 is 17.5 Å². The van der Waals surface area contributed by atoms with Crippen LogP contribution in [0.15, 0.2) is 24.3 Å². The number of rotatable bonds is 5. The summed E-state index contributed by atoms with van der Waals surface area (Å²) in [6.07, 6.45) is 1.95. The third kappa shape index (κ3) is 5.04. The van der Waals surface area contributed by atoms with Crippen LogP contribution in [0.25, 0.3) is 0 Å². The van der Waals surface area contributed by atoms with Crippen LogP contribution in [0, 0.1) is 0 Å². The molecule has 0 bridgehead atoms. The molecule has 6 heteroatoms. The van der Waals surface area contributed by atoms with Crippen LogP contribution in [-0.4, -0.2) is 49.5 Å². The van der Waals surface area contributed by atoms with Crippen LogP contribution in [0.5, 0.6) is 5.75 Å². The zero-order chi connectivity index (χ0) is 15.9. The number of nitrogens with zero attached hydrogens (tertiary/aromatic N) is 1. The van der Waals surface area contributed by atoms with Crippen LogP contribution in [0.3, 0.4) is 0 Å². The average molecular weight is 305 g/mol. The number of carbonyl (C=O) groups excluding carboxylic acids is 2. The number of likely N-dealkylation sites (tertiary alicyclic amines) is 1. The number of benzene rings is 1. The van der Waals surface area contributed by atoms with Gasteiger partial charge in [0, 0.05) is 31.3 Å². The van der Waals surface area contributed by atoms with Crippen molar-refractivity contribution in [3.8, 4) is 5.75 Å². The standard InChI is InChI=1S/C16H23N3O3/c1-12(20)17-14-6-4-8-19(10-14)11-16(21)18-13-5-3-7-15(9-13)22-2/h3,5,7,9,14H,4,6,8,10-11H2,1-2H3,(H,17,20)(H,18,21). The molecule has 6 nitrogen and oxygen atoms in total. The fraction of sp³-hybridized carbons (Fsp3) is 0.500. The highest BCUT2D eigenvalue weighted by Gasteiger charge is 2.22. The zero-order valence-corrected chi connectivity index (χ0v) is 13.1. The maximum absolute atomic E-state index is 12.1. The fourth-order valence-corrected chi connectivity index (χ4v) is 2.71. The van der Waals surface area contributed by atoms with Crippen molar-refractivity contribution < 1.29 is 14.3 Å². The molecule has 2 rings (SSSR count). The van der Waals surface area contributed by atoms with Crippen LogP contribution < -0.4 is 15.4 Å². The minimum Gasteiger partial charge on any atom is -0.497 e. The second kappa shape index (κ2) is 7.79. The van der Waals surface area contributed by atoms with Gasteiger partial charge in [-0.25, -0.2) is 0 Å². The van der Waals surface area contributed by atoms with E-state index in [9.17, 15) is 9.59 Å². The molecule has 0 aliphatic carbocycles. The lowest BCUT2D eigenvalue weighted by Gasteiger charge is -2.32. The third-order valence-electron chi connectivity index (χ3n) is 3.63. The lowest BCUT2D eigenvalue weighted by atomic mass is 10.1. The van der Waals surface area contributed by atoms with Gasteiger partial charge in [-0.2, -0.15) is 0 Å². The van der Waals surface area contributed by atoms with E-state index in [0.717, 1.165) is 25.1 Å². The van der Waals surface area contributed by atoms with Crippen LogP contribution in [0.2, 0.25) is 0 Å². The zero-order valence-electron chi connectivity index (χ0n) is 13.1. The molecule has 1 saturated heterocycles. The molecule has 0 radical (unpaired) electrons. The van der Waals surface area contributed by atoms with Crippen molar-refractivity contribution in [2.75, 3.05) is 32.1 Å². The van der Waals surface area contributed by atoms with E-state index < -0.39 is 0 Å². The van der Waals surface area contributed by atoms with Gasteiger partial charge in [0.05, 0.1) is 13.7 Å². The number of piperidine rings is 1. The maximum atomic E-state index is 12.1. The van der Waals surface area contributed by atoms with Crippen molar-refractivity contribution in [3.05, 3.63) is 24.3 Å². The molecule has 120 valence electrons. The van der Waals surface area contributed by atoms with Gasteiger partial charge in [-0.05, 0) is 31.5 Å². The first-order chi connectivity index (χ1) is 10.6. The molecule has 1 aliphatic rings. The summed E-state index contributed by atoms with van der Waals surface area (Å²) < 4.78 is 5.14. The Bertz CT molecular complexity index is 533. The number of methoxy groups -OCH3 is 1. The van der Waals surface area contributed by atoms with Crippen LogP contribution in [0.1, 0.15) is 19.8 Å². The van der Waals surface area contributed by atoms with Gasteiger partial charge in [-0.3, -0.25) is 14.5 Å². The largest absolute Gasteiger partial charge is 0.497 e. The predicted molar refractivity (Wildman–Crippen MR) is 84.9 cm³/mol. The van der Waals surface area contributed by atoms with Gasteiger partial charge in [0.25, 0.3) is 0 Å². The Kier molecular flexibility index (Phi) is 5.77. The second-order valence-corrected chi connectivity index (χ2v) is 5.55. The summed E-state index contributed by atoms with van der Waals surface area (Å²) in [4.78, 5) is 25.3. The van der Waals surface area contributed by atoms with Gasteiger partial charge in [0.2, 0.25) is 11.8 Å². The molecule has 1 atom stereocenters. The number of carbonyl (C=O) groups is 2. The van der Waals surface area contributed by atoms with E-state index in [4.69, 9.17) is 4.74 Å². The summed E-state index contributed by atoms with van der Waals surface area (Å²) in [5.41, 5.74) is 0.722. The molecule has 2 N–H and O–H groups in total. The summed E-state index contributed by atoms with van der Waals surface area (Å²) in [7, 11) is 1.59. The summed E-state index contributed by atoms with van der Waals surface area (Å²) in [5, 5.41) is 5.79. The quantitative estimate of drug-likeness (QED) is 0.858. The van der Waals surface area contributed by atoms with E-state index in [-0.39, 0.29) is 17.9 Å². The second-order valence-electron chi connectivity index (χ2n) is 5.55. The van der Waals surface area contributed by atoms with Crippen molar-refractivity contribution in [2.24, 2.45) is 0 Å². The lowest BCUT2D eigenvalue weighted by Crippen LogP contribution is -2.49. The van der Waals surface area contributed by atoms with Crippen molar-refractivity contribution in [1.29, 1.82) is 0 Å². The Labute approximate surface area is 130 Å². The number of ether oxygens (including phenoxy) is 1. The van der Waals surface area contributed by atoms with Gasteiger partial charge in [-0.15, -0.1) is 0 Å². The minimum absolute atomic E-state index is 0.0207. The SMILES string of the molecule is COc1cccc(NC(=O)CN2CCCC(NC(C)=O)C2)c1. The van der Waals surface area contributed by atoms with Crippen LogP contribution >= 0.6 is 0 Å². The highest BCUT2D eigenvalue weighted by atomic mass is 16.5. The Balaban J connectivity index is 1.84. The van der Waals surface area contributed by atoms with E-state index in [2.05, 4.69) is 15.5 Å². The Morgan fingerprint density at radius 3 is 2.95 bits per heavy atom. The monoisotopic (exact) mass is 305 g/mol. The van der Waals surface area contributed by atoms with Gasteiger partial charge >= 0.3 is 0 Å². The highest BCUT2D eigenvalue weighted by Crippen LogP contribution is 2.17. The van der Waals surface area contributed by atoms with Crippen molar-refractivity contribution in [3.63, 3.8) is 0 Å². The van der Waals surface area contributed by atoms with E-state index in [1.165, 1.54) is 6.92 Å². The topological polar surface area (TPSA) is 70.7 Å². The molecular formula is C16H23N3O3. The van der Waals surface area contributed by atoms with Crippen LogP contribution in [0.4, 0.5) is 5.69 Å². The number of hydrogen-bond donors (Lipinski definition) is 2. The average Bonchev–Trinajstić information content (AvgIpc) is 2.47. The summed E-state index contributed by atoms with van der Waals surface area (Å²) >= 11 is 0. The summed E-state index contributed by atoms with van der Waals surface area (Å²) in [6, 6.07) is 7.42. The predicted octanol–water partition coefficient (Wildman–Crippen LogP) is 1.23. The first-order valence-corrected chi connectivity index (χ1v) is 7.50. The molecule has 0 saturated carbocycles. The normalized spacial score (nSPS) is 18.5.